The van der Waals surface area contributed by atoms with Crippen LogP contribution in [0.5, 0.6) is 0 Å². The number of hydrogen-bond acceptors (Lipinski definition) is 3. The monoisotopic (exact) mass is 277 g/mol. The highest BCUT2D eigenvalue weighted by atomic mass is 79.9. The van der Waals surface area contributed by atoms with Crippen LogP contribution in [0.25, 0.3) is 0 Å². The van der Waals surface area contributed by atoms with Crippen molar-refractivity contribution in [1.29, 1.82) is 0 Å². The van der Waals surface area contributed by atoms with Crippen LogP contribution in [0, 0.1) is 6.92 Å². The zero-order valence-corrected chi connectivity index (χ0v) is 10.5. The van der Waals surface area contributed by atoms with E-state index in [2.05, 4.69) is 50.3 Å². The second-order valence-electron chi connectivity index (χ2n) is 3.51. The first-order valence-corrected chi connectivity index (χ1v) is 5.80. The lowest BCUT2D eigenvalue weighted by Gasteiger charge is -2.09. The smallest absolute Gasteiger partial charge is 0.115 e. The summed E-state index contributed by atoms with van der Waals surface area (Å²) in [7, 11) is 0. The third-order valence-electron chi connectivity index (χ3n) is 2.30. The van der Waals surface area contributed by atoms with Gasteiger partial charge in [-0.15, -0.1) is 0 Å². The Labute approximate surface area is 103 Å². The van der Waals surface area contributed by atoms with Gasteiger partial charge < -0.3 is 5.32 Å². The standard InChI is InChI=1S/C12H12BrN3/c1-9-2-3-10(13)6-12(9)15-7-11-4-5-14-8-16-11/h2-6,8,15H,7H2,1H3. The Hall–Kier alpha value is -1.42. The molecule has 0 aliphatic carbocycles. The van der Waals surface area contributed by atoms with Crippen LogP contribution < -0.4 is 5.32 Å². The van der Waals surface area contributed by atoms with Crippen molar-refractivity contribution in [3.63, 3.8) is 0 Å². The van der Waals surface area contributed by atoms with E-state index < -0.39 is 0 Å². The van der Waals surface area contributed by atoms with Crippen molar-refractivity contribution >= 4 is 21.6 Å². The molecule has 0 saturated heterocycles. The number of benzene rings is 1. The molecule has 0 saturated carbocycles. The summed E-state index contributed by atoms with van der Waals surface area (Å²) in [4.78, 5) is 8.05. The number of aromatic nitrogens is 2. The first kappa shape index (κ1) is 11.1. The summed E-state index contributed by atoms with van der Waals surface area (Å²) in [5.41, 5.74) is 3.32. The predicted octanol–water partition coefficient (Wildman–Crippen LogP) is 3.16. The molecule has 0 atom stereocenters. The number of nitrogens with one attached hydrogen (secondary N) is 1. The van der Waals surface area contributed by atoms with Crippen LogP contribution in [0.2, 0.25) is 0 Å². The summed E-state index contributed by atoms with van der Waals surface area (Å²) in [5.74, 6) is 0. The van der Waals surface area contributed by atoms with E-state index in [-0.39, 0.29) is 0 Å². The van der Waals surface area contributed by atoms with E-state index in [1.165, 1.54) is 5.56 Å². The molecule has 0 aliphatic heterocycles. The van der Waals surface area contributed by atoms with Crippen LogP contribution in [-0.2, 0) is 6.54 Å². The Morgan fingerprint density at radius 1 is 1.31 bits per heavy atom. The highest BCUT2D eigenvalue weighted by molar-refractivity contribution is 9.10. The molecule has 0 bridgehead atoms. The minimum absolute atomic E-state index is 0.708. The molecule has 0 aliphatic rings. The molecular formula is C12H12BrN3. The maximum absolute atomic E-state index is 4.16. The summed E-state index contributed by atoms with van der Waals surface area (Å²) in [6.07, 6.45) is 3.31. The maximum Gasteiger partial charge on any atom is 0.115 e. The summed E-state index contributed by atoms with van der Waals surface area (Å²) >= 11 is 3.46. The molecular weight excluding hydrogens is 266 g/mol. The Balaban J connectivity index is 2.08. The van der Waals surface area contributed by atoms with E-state index in [0.29, 0.717) is 6.54 Å². The second-order valence-corrected chi connectivity index (χ2v) is 4.43. The fourth-order valence-corrected chi connectivity index (χ4v) is 1.75. The summed E-state index contributed by atoms with van der Waals surface area (Å²) in [6, 6.07) is 8.08. The van der Waals surface area contributed by atoms with Gasteiger partial charge in [-0.2, -0.15) is 0 Å². The Bertz CT molecular complexity index is 471. The zero-order chi connectivity index (χ0) is 11.4. The molecule has 4 heteroatoms. The molecule has 3 nitrogen and oxygen atoms in total. The minimum atomic E-state index is 0.708. The van der Waals surface area contributed by atoms with Gasteiger partial charge in [0, 0.05) is 16.4 Å². The third kappa shape index (κ3) is 2.79. The molecule has 1 N–H and O–H groups in total. The van der Waals surface area contributed by atoms with Gasteiger partial charge in [-0.1, -0.05) is 22.0 Å². The summed E-state index contributed by atoms with van der Waals surface area (Å²) in [5, 5.41) is 3.35. The van der Waals surface area contributed by atoms with Crippen LogP contribution in [0.4, 0.5) is 5.69 Å². The average Bonchev–Trinajstić information content (AvgIpc) is 2.32. The van der Waals surface area contributed by atoms with Crippen molar-refractivity contribution in [2.45, 2.75) is 13.5 Å². The van der Waals surface area contributed by atoms with Gasteiger partial charge >= 0.3 is 0 Å². The van der Waals surface area contributed by atoms with E-state index in [4.69, 9.17) is 0 Å². The van der Waals surface area contributed by atoms with Gasteiger partial charge in [-0.05, 0) is 30.7 Å². The average molecular weight is 278 g/mol. The van der Waals surface area contributed by atoms with Crippen LogP contribution >= 0.6 is 15.9 Å². The number of anilines is 1. The van der Waals surface area contributed by atoms with Crippen molar-refractivity contribution in [2.24, 2.45) is 0 Å². The Morgan fingerprint density at radius 3 is 2.94 bits per heavy atom. The van der Waals surface area contributed by atoms with Gasteiger partial charge in [0.1, 0.15) is 6.33 Å². The molecule has 82 valence electrons. The zero-order valence-electron chi connectivity index (χ0n) is 8.94. The third-order valence-corrected chi connectivity index (χ3v) is 2.80. The summed E-state index contributed by atoms with van der Waals surface area (Å²) < 4.78 is 1.07. The molecule has 16 heavy (non-hydrogen) atoms. The van der Waals surface area contributed by atoms with Crippen LogP contribution in [0.15, 0.2) is 41.3 Å². The molecule has 0 fully saturated rings. The Morgan fingerprint density at radius 2 is 2.19 bits per heavy atom. The lowest BCUT2D eigenvalue weighted by atomic mass is 10.2. The topological polar surface area (TPSA) is 37.8 Å². The van der Waals surface area contributed by atoms with Gasteiger partial charge in [-0.3, -0.25) is 0 Å². The van der Waals surface area contributed by atoms with E-state index in [1.54, 1.807) is 12.5 Å². The van der Waals surface area contributed by atoms with Gasteiger partial charge in [0.2, 0.25) is 0 Å². The maximum atomic E-state index is 4.16. The highest BCUT2D eigenvalue weighted by Crippen LogP contribution is 2.20. The molecule has 0 unspecified atom stereocenters. The number of halogens is 1. The molecule has 1 heterocycles. The van der Waals surface area contributed by atoms with Crippen molar-refractivity contribution in [3.8, 4) is 0 Å². The molecule has 0 radical (unpaired) electrons. The van der Waals surface area contributed by atoms with E-state index >= 15 is 0 Å². The number of aryl methyl sites for hydroxylation is 1. The molecule has 0 amide bonds. The highest BCUT2D eigenvalue weighted by Gasteiger charge is 1.99. The summed E-state index contributed by atoms with van der Waals surface area (Å²) in [6.45, 7) is 2.79. The minimum Gasteiger partial charge on any atom is -0.379 e. The lowest BCUT2D eigenvalue weighted by Crippen LogP contribution is -2.02. The molecule has 1 aromatic heterocycles. The number of rotatable bonds is 3. The van der Waals surface area contributed by atoms with Crippen molar-refractivity contribution in [1.82, 2.24) is 9.97 Å². The fraction of sp³-hybridized carbons (Fsp3) is 0.167. The van der Waals surface area contributed by atoms with Crippen molar-refractivity contribution in [3.05, 3.63) is 52.5 Å². The predicted molar refractivity (Wildman–Crippen MR) is 68.2 cm³/mol. The SMILES string of the molecule is Cc1ccc(Br)cc1NCc1ccncn1. The Kier molecular flexibility index (Phi) is 3.51. The molecule has 2 rings (SSSR count). The normalized spacial score (nSPS) is 10.1. The van der Waals surface area contributed by atoms with E-state index in [0.717, 1.165) is 15.9 Å². The largest absolute Gasteiger partial charge is 0.379 e. The molecule has 1 aromatic carbocycles. The van der Waals surface area contributed by atoms with Crippen molar-refractivity contribution < 1.29 is 0 Å². The van der Waals surface area contributed by atoms with Gasteiger partial charge in [0.15, 0.2) is 0 Å². The molecule has 2 aromatic rings. The van der Waals surface area contributed by atoms with E-state index in [9.17, 15) is 0 Å². The van der Waals surface area contributed by atoms with E-state index in [1.807, 2.05) is 12.1 Å². The first-order chi connectivity index (χ1) is 7.75. The van der Waals surface area contributed by atoms with Gasteiger partial charge in [0.25, 0.3) is 0 Å². The van der Waals surface area contributed by atoms with Crippen molar-refractivity contribution in [2.75, 3.05) is 5.32 Å². The quantitative estimate of drug-likeness (QED) is 0.937. The second kappa shape index (κ2) is 5.07. The molecule has 0 spiro atoms. The van der Waals surface area contributed by atoms with Crippen LogP contribution in [-0.4, -0.2) is 9.97 Å². The lowest BCUT2D eigenvalue weighted by molar-refractivity contribution is 1.00. The van der Waals surface area contributed by atoms with Crippen LogP contribution in [0.1, 0.15) is 11.3 Å². The van der Waals surface area contributed by atoms with Gasteiger partial charge in [0.05, 0.1) is 12.2 Å². The van der Waals surface area contributed by atoms with Crippen LogP contribution in [0.3, 0.4) is 0 Å². The van der Waals surface area contributed by atoms with Gasteiger partial charge in [-0.25, -0.2) is 9.97 Å². The fourth-order valence-electron chi connectivity index (χ4n) is 1.39. The number of hydrogen-bond donors (Lipinski definition) is 1. The number of nitrogens with zero attached hydrogens (tertiary/aromatic N) is 2. The first-order valence-electron chi connectivity index (χ1n) is 5.00.